The van der Waals surface area contributed by atoms with Gasteiger partial charge in [0.1, 0.15) is 0 Å². The molecule has 17 heavy (non-hydrogen) atoms. The topological polar surface area (TPSA) is 50.9 Å². The molecule has 1 aromatic heterocycles. The number of aliphatic hydroxyl groups excluding tert-OH is 1. The number of aromatic nitrogens is 3. The first-order chi connectivity index (χ1) is 7.80. The molecule has 0 aliphatic rings. The predicted octanol–water partition coefficient (Wildman–Crippen LogP) is 2.59. The second kappa shape index (κ2) is 5.63. The van der Waals surface area contributed by atoms with Crippen molar-refractivity contribution in [3.63, 3.8) is 0 Å². The zero-order valence-corrected chi connectivity index (χ0v) is 11.6. The lowest BCUT2D eigenvalue weighted by atomic mass is 9.86. The zero-order chi connectivity index (χ0) is 13.1. The Bertz CT molecular complexity index is 339. The Hall–Kier alpha value is -0.900. The van der Waals surface area contributed by atoms with E-state index in [1.165, 1.54) is 0 Å². The lowest BCUT2D eigenvalue weighted by Gasteiger charge is -2.25. The van der Waals surface area contributed by atoms with Crippen LogP contribution in [-0.4, -0.2) is 26.2 Å². The summed E-state index contributed by atoms with van der Waals surface area (Å²) in [5.41, 5.74) is 0.993. The van der Waals surface area contributed by atoms with Crippen molar-refractivity contribution < 1.29 is 5.11 Å². The Labute approximate surface area is 104 Å². The number of hydrogen-bond donors (Lipinski definition) is 1. The maximum absolute atomic E-state index is 9.91. The molecule has 0 saturated carbocycles. The minimum atomic E-state index is -0.254. The summed E-state index contributed by atoms with van der Waals surface area (Å²) in [6.45, 7) is 11.2. The molecule has 0 aliphatic carbocycles. The third kappa shape index (κ3) is 4.46. The van der Waals surface area contributed by atoms with E-state index in [-0.39, 0.29) is 11.5 Å². The summed E-state index contributed by atoms with van der Waals surface area (Å²) >= 11 is 0. The fraction of sp³-hybridized carbons (Fsp3) is 0.846. The van der Waals surface area contributed by atoms with Crippen molar-refractivity contribution in [3.05, 3.63) is 11.9 Å². The molecule has 98 valence electrons. The molecular weight excluding hydrogens is 214 g/mol. The first kappa shape index (κ1) is 14.2. The highest BCUT2D eigenvalue weighted by atomic mass is 16.3. The predicted molar refractivity (Wildman–Crippen MR) is 68.8 cm³/mol. The van der Waals surface area contributed by atoms with Crippen LogP contribution in [0.5, 0.6) is 0 Å². The second-order valence-corrected chi connectivity index (χ2v) is 6.09. The van der Waals surface area contributed by atoms with Crippen LogP contribution in [0.1, 0.15) is 59.1 Å². The summed E-state index contributed by atoms with van der Waals surface area (Å²) in [5.74, 6) is 0.420. The van der Waals surface area contributed by atoms with Gasteiger partial charge in [-0.2, -0.15) is 0 Å². The maximum Gasteiger partial charge on any atom is 0.0852 e. The van der Waals surface area contributed by atoms with E-state index in [9.17, 15) is 5.11 Å². The van der Waals surface area contributed by atoms with E-state index < -0.39 is 0 Å². The Balaban J connectivity index is 2.36. The quantitative estimate of drug-likeness (QED) is 0.859. The summed E-state index contributed by atoms with van der Waals surface area (Å²) in [7, 11) is 0. The molecule has 1 unspecified atom stereocenters. The highest BCUT2D eigenvalue weighted by molar-refractivity contribution is 4.97. The normalized spacial score (nSPS) is 14.3. The number of hydrogen-bond acceptors (Lipinski definition) is 3. The largest absolute Gasteiger partial charge is 0.393 e. The molecule has 0 fully saturated rings. The van der Waals surface area contributed by atoms with Crippen LogP contribution >= 0.6 is 0 Å². The van der Waals surface area contributed by atoms with Gasteiger partial charge in [0.2, 0.25) is 0 Å². The first-order valence-corrected chi connectivity index (χ1v) is 6.39. The van der Waals surface area contributed by atoms with Crippen LogP contribution in [0.4, 0.5) is 0 Å². The van der Waals surface area contributed by atoms with Gasteiger partial charge in [0.15, 0.2) is 0 Å². The monoisotopic (exact) mass is 239 g/mol. The molecule has 0 radical (unpaired) electrons. The van der Waals surface area contributed by atoms with E-state index in [0.717, 1.165) is 25.1 Å². The lowest BCUT2D eigenvalue weighted by Crippen LogP contribution is -2.26. The van der Waals surface area contributed by atoms with Gasteiger partial charge in [0, 0.05) is 12.7 Å². The van der Waals surface area contributed by atoms with Crippen molar-refractivity contribution in [3.8, 4) is 0 Å². The van der Waals surface area contributed by atoms with E-state index in [2.05, 4.69) is 44.9 Å². The van der Waals surface area contributed by atoms with E-state index in [1.807, 2.05) is 10.9 Å². The van der Waals surface area contributed by atoms with Gasteiger partial charge in [-0.3, -0.25) is 4.68 Å². The SMILES string of the molecule is CC(C)c1cn(CCCC(O)C(C)(C)C)nn1. The van der Waals surface area contributed by atoms with Crippen LogP contribution in [0, 0.1) is 5.41 Å². The number of aryl methyl sites for hydroxylation is 1. The van der Waals surface area contributed by atoms with Crippen LogP contribution < -0.4 is 0 Å². The van der Waals surface area contributed by atoms with Gasteiger partial charge in [-0.25, -0.2) is 0 Å². The average Bonchev–Trinajstić information content (AvgIpc) is 2.64. The Morgan fingerprint density at radius 2 is 2.00 bits per heavy atom. The van der Waals surface area contributed by atoms with Crippen LogP contribution in [0.2, 0.25) is 0 Å². The standard InChI is InChI=1S/C13H25N3O/c1-10(2)11-9-16(15-14-11)8-6-7-12(17)13(3,4)5/h9-10,12,17H,6-8H2,1-5H3. The van der Waals surface area contributed by atoms with Crippen molar-refractivity contribution in [2.24, 2.45) is 5.41 Å². The van der Waals surface area contributed by atoms with Gasteiger partial charge in [-0.1, -0.05) is 39.8 Å². The minimum absolute atomic E-state index is 0.0363. The second-order valence-electron chi connectivity index (χ2n) is 6.09. The molecule has 0 aliphatic heterocycles. The summed E-state index contributed by atoms with van der Waals surface area (Å²) in [5, 5.41) is 18.1. The van der Waals surface area contributed by atoms with E-state index in [1.54, 1.807) is 0 Å². The molecule has 0 bridgehead atoms. The highest BCUT2D eigenvalue weighted by Crippen LogP contribution is 2.22. The van der Waals surface area contributed by atoms with Crippen LogP contribution in [-0.2, 0) is 6.54 Å². The molecule has 1 heterocycles. The zero-order valence-electron chi connectivity index (χ0n) is 11.6. The van der Waals surface area contributed by atoms with Crippen molar-refractivity contribution in [1.29, 1.82) is 0 Å². The molecule has 1 atom stereocenters. The summed E-state index contributed by atoms with van der Waals surface area (Å²) in [6.07, 6.45) is 3.48. The van der Waals surface area contributed by atoms with Gasteiger partial charge >= 0.3 is 0 Å². The average molecular weight is 239 g/mol. The van der Waals surface area contributed by atoms with Gasteiger partial charge in [-0.05, 0) is 24.2 Å². The summed E-state index contributed by atoms with van der Waals surface area (Å²) in [4.78, 5) is 0. The minimum Gasteiger partial charge on any atom is -0.393 e. The smallest absolute Gasteiger partial charge is 0.0852 e. The van der Waals surface area contributed by atoms with Crippen molar-refractivity contribution in [2.75, 3.05) is 0 Å². The first-order valence-electron chi connectivity index (χ1n) is 6.39. The Kier molecular flexibility index (Phi) is 4.69. The third-order valence-electron chi connectivity index (χ3n) is 3.01. The van der Waals surface area contributed by atoms with Crippen LogP contribution in [0.15, 0.2) is 6.20 Å². The molecule has 0 aromatic carbocycles. The fourth-order valence-corrected chi connectivity index (χ4v) is 1.57. The number of rotatable bonds is 5. The molecule has 1 aromatic rings. The third-order valence-corrected chi connectivity index (χ3v) is 3.01. The van der Waals surface area contributed by atoms with Gasteiger partial charge < -0.3 is 5.11 Å². The van der Waals surface area contributed by atoms with Gasteiger partial charge in [0.05, 0.1) is 11.8 Å². The van der Waals surface area contributed by atoms with E-state index in [4.69, 9.17) is 0 Å². The summed E-state index contributed by atoms with van der Waals surface area (Å²) in [6, 6.07) is 0. The van der Waals surface area contributed by atoms with Crippen molar-refractivity contribution in [2.45, 2.75) is 66.0 Å². The molecule has 0 amide bonds. The Morgan fingerprint density at radius 3 is 2.47 bits per heavy atom. The molecule has 0 saturated heterocycles. The maximum atomic E-state index is 9.91. The molecule has 4 nitrogen and oxygen atoms in total. The van der Waals surface area contributed by atoms with Crippen molar-refractivity contribution in [1.82, 2.24) is 15.0 Å². The highest BCUT2D eigenvalue weighted by Gasteiger charge is 2.21. The Morgan fingerprint density at radius 1 is 1.35 bits per heavy atom. The van der Waals surface area contributed by atoms with Gasteiger partial charge in [-0.15, -0.1) is 5.10 Å². The molecular formula is C13H25N3O. The molecule has 1 N–H and O–H groups in total. The number of nitrogens with zero attached hydrogens (tertiary/aromatic N) is 3. The van der Waals surface area contributed by atoms with E-state index in [0.29, 0.717) is 5.92 Å². The number of aliphatic hydroxyl groups is 1. The fourth-order valence-electron chi connectivity index (χ4n) is 1.57. The van der Waals surface area contributed by atoms with Crippen LogP contribution in [0.25, 0.3) is 0 Å². The van der Waals surface area contributed by atoms with Gasteiger partial charge in [0.25, 0.3) is 0 Å². The van der Waals surface area contributed by atoms with Crippen molar-refractivity contribution >= 4 is 0 Å². The molecule has 1 rings (SSSR count). The molecule has 4 heteroatoms. The molecule has 0 spiro atoms. The van der Waals surface area contributed by atoms with Crippen LogP contribution in [0.3, 0.4) is 0 Å². The van der Waals surface area contributed by atoms with E-state index >= 15 is 0 Å². The lowest BCUT2D eigenvalue weighted by molar-refractivity contribution is 0.0527. The summed E-state index contributed by atoms with van der Waals surface area (Å²) < 4.78 is 1.87.